The fourth-order valence-corrected chi connectivity index (χ4v) is 16.8. The number of guanidine groups is 1. The van der Waals surface area contributed by atoms with E-state index in [-0.39, 0.29) is 127 Å². The first-order chi connectivity index (χ1) is 66.4. The highest BCUT2D eigenvalue weighted by molar-refractivity contribution is 6.02. The quantitative estimate of drug-likeness (QED) is 0.0173. The molecule has 49 nitrogen and oxygen atoms in total. The Balaban J connectivity index is 1.03. The summed E-state index contributed by atoms with van der Waals surface area (Å²) < 4.78 is 5.70. The molecule has 18 amide bonds. The number of carbonyl (C=O) groups excluding carboxylic acids is 18. The lowest BCUT2D eigenvalue weighted by Gasteiger charge is -2.33. The van der Waals surface area contributed by atoms with E-state index in [0.29, 0.717) is 0 Å². The molecule has 3 aliphatic heterocycles. The van der Waals surface area contributed by atoms with Crippen LogP contribution < -0.4 is 91.2 Å². The molecule has 0 aromatic heterocycles. The molecular formula is C92H137N21O28. The second-order valence-electron chi connectivity index (χ2n) is 36.8. The zero-order chi connectivity index (χ0) is 105. The number of nitrogens with zero attached hydrogens (tertiary/aromatic N) is 3. The van der Waals surface area contributed by atoms with E-state index in [9.17, 15) is 131 Å². The topological polar surface area (TPSA) is 752 Å². The maximum absolute atomic E-state index is 14.6. The maximum Gasteiger partial charge on any atom is 0.407 e. The molecule has 2 aromatic rings. The van der Waals surface area contributed by atoms with Gasteiger partial charge in [0.1, 0.15) is 97.2 Å². The summed E-state index contributed by atoms with van der Waals surface area (Å²) in [6.07, 6.45) is -6.39. The van der Waals surface area contributed by atoms with Crippen LogP contribution in [0.25, 0.3) is 11.1 Å². The van der Waals surface area contributed by atoms with Crippen molar-refractivity contribution in [1.82, 2.24) is 94.5 Å². The number of aliphatic hydroxyl groups is 1. The van der Waals surface area contributed by atoms with Crippen molar-refractivity contribution in [3.05, 3.63) is 59.7 Å². The molecule has 0 unspecified atom stereocenters. The number of carboxylic acid groups (broad SMARTS) is 4. The second-order valence-corrected chi connectivity index (χ2v) is 36.8. The lowest BCUT2D eigenvalue weighted by Crippen LogP contribution is -2.61. The number of carboxylic acids is 4. The van der Waals surface area contributed by atoms with Crippen LogP contribution in [0.5, 0.6) is 0 Å². The Hall–Kier alpha value is -14.2. The van der Waals surface area contributed by atoms with Crippen LogP contribution in [0, 0.1) is 29.1 Å². The molecule has 3 heterocycles. The zero-order valence-electron chi connectivity index (χ0n) is 81.0. The SMILES string of the molecule is CC[C@H](C)[C@H](NC(=O)[C@H](CCC(=O)O)NC(=O)[C@H](CCCNC(=N)N)NC(=O)OCC1c2ccccc2-c2ccccc21)C(=O)NCC(=O)N[C@@H](CCC(=O)O)C(=O)N1CCC[C@H]1C(=O)N[C@H](C(=O)N1CCC[C@H]1C(=O)N[C@H](C(=O)NCC(=O)N[C@@H](CCC(=O)O)C(=O)N[C@@H](C)C(=O)N1CCC[C@H]1C(=O)N[C@@H](CC(N)=O)C(=O)N[C@@H](C)C(=O)N[C@@H](CC(C)C)C(=O)N[C@@H](CC(C)C)C(=O)O)C(C)C)[C@@H](C)O. The fourth-order valence-electron chi connectivity index (χ4n) is 16.8. The van der Waals surface area contributed by atoms with Crippen molar-refractivity contribution < 1.29 is 136 Å². The second kappa shape index (κ2) is 55.6. The smallest absolute Gasteiger partial charge is 0.407 e. The summed E-state index contributed by atoms with van der Waals surface area (Å²) in [5.41, 5.74) is 14.7. The van der Waals surface area contributed by atoms with E-state index in [2.05, 4.69) is 79.8 Å². The van der Waals surface area contributed by atoms with Gasteiger partial charge < -0.3 is 136 Å². The highest BCUT2D eigenvalue weighted by Gasteiger charge is 2.46. The molecule has 4 aliphatic rings. The Bertz CT molecular complexity index is 4830. The molecule has 778 valence electrons. The van der Waals surface area contributed by atoms with Gasteiger partial charge in [0.15, 0.2) is 5.96 Å². The summed E-state index contributed by atoms with van der Waals surface area (Å²) >= 11 is 0. The average molecular weight is 1990 g/mol. The minimum absolute atomic E-state index is 0.00185. The van der Waals surface area contributed by atoms with Gasteiger partial charge in [-0.05, 0) is 150 Å². The third-order valence-electron chi connectivity index (χ3n) is 24.4. The molecule has 3 saturated heterocycles. The summed E-state index contributed by atoms with van der Waals surface area (Å²) in [4.78, 5) is 301. The van der Waals surface area contributed by atoms with Crippen molar-refractivity contribution in [2.45, 2.75) is 294 Å². The van der Waals surface area contributed by atoms with Crippen molar-refractivity contribution in [2.75, 3.05) is 45.9 Å². The first-order valence-corrected chi connectivity index (χ1v) is 47.3. The number of fused-ring (bicyclic) bond motifs is 3. The van der Waals surface area contributed by atoms with Gasteiger partial charge in [-0.15, -0.1) is 0 Å². The molecule has 0 bridgehead atoms. The Morgan fingerprint density at radius 2 is 0.837 bits per heavy atom. The van der Waals surface area contributed by atoms with Crippen LogP contribution in [-0.4, -0.2) is 319 Å². The summed E-state index contributed by atoms with van der Waals surface area (Å²) in [6, 6.07) is -7.26. The predicted molar refractivity (Wildman–Crippen MR) is 501 cm³/mol. The monoisotopic (exact) mass is 1980 g/mol. The lowest BCUT2D eigenvalue weighted by molar-refractivity contribution is -0.146. The van der Waals surface area contributed by atoms with E-state index in [1.807, 2.05) is 48.5 Å². The number of alkyl carbamates (subject to hydrolysis) is 1. The van der Waals surface area contributed by atoms with Crippen molar-refractivity contribution >= 4 is 136 Å². The van der Waals surface area contributed by atoms with Crippen LogP contribution in [0.15, 0.2) is 48.5 Å². The van der Waals surface area contributed by atoms with Crippen LogP contribution in [-0.2, 0) is 105 Å². The molecule has 141 heavy (non-hydrogen) atoms. The van der Waals surface area contributed by atoms with Crippen LogP contribution in [0.2, 0.25) is 0 Å². The van der Waals surface area contributed by atoms with E-state index < -0.39 is 297 Å². The third kappa shape index (κ3) is 35.6. The van der Waals surface area contributed by atoms with E-state index >= 15 is 0 Å². The normalized spacial score (nSPS) is 17.8. The number of aliphatic hydroxyl groups excluding tert-OH is 1. The van der Waals surface area contributed by atoms with E-state index in [4.69, 9.17) is 21.6 Å². The van der Waals surface area contributed by atoms with Crippen molar-refractivity contribution in [2.24, 2.45) is 35.1 Å². The van der Waals surface area contributed by atoms with E-state index in [0.717, 1.165) is 43.9 Å². The summed E-state index contributed by atoms with van der Waals surface area (Å²) in [5, 5.41) is 94.4. The summed E-state index contributed by atoms with van der Waals surface area (Å²) in [7, 11) is 0. The molecule has 49 heteroatoms. The number of carbonyl (C=O) groups is 22. The Morgan fingerprint density at radius 1 is 0.426 bits per heavy atom. The van der Waals surface area contributed by atoms with E-state index in [1.54, 1.807) is 41.5 Å². The number of nitrogens with two attached hydrogens (primary N) is 2. The zero-order valence-corrected chi connectivity index (χ0v) is 81.0. The molecule has 25 N–H and O–H groups in total. The van der Waals surface area contributed by atoms with Gasteiger partial charge in [0.05, 0.1) is 25.6 Å². The van der Waals surface area contributed by atoms with Gasteiger partial charge in [-0.2, -0.15) is 0 Å². The van der Waals surface area contributed by atoms with Crippen LogP contribution in [0.4, 0.5) is 4.79 Å². The van der Waals surface area contributed by atoms with Crippen LogP contribution in [0.1, 0.15) is 209 Å². The number of primary amides is 1. The molecule has 6 rings (SSSR count). The molecule has 0 saturated carbocycles. The number of amides is 18. The number of nitrogens with one attached hydrogen (secondary N) is 16. The van der Waals surface area contributed by atoms with Gasteiger partial charge in [0.25, 0.3) is 0 Å². The number of ether oxygens (including phenoxy) is 1. The molecular weight excluding hydrogens is 1850 g/mol. The van der Waals surface area contributed by atoms with Crippen LogP contribution >= 0.6 is 0 Å². The molecule has 2 aromatic carbocycles. The van der Waals surface area contributed by atoms with Gasteiger partial charge in [-0.1, -0.05) is 110 Å². The van der Waals surface area contributed by atoms with Gasteiger partial charge >= 0.3 is 30.0 Å². The first-order valence-electron chi connectivity index (χ1n) is 47.3. The minimum Gasteiger partial charge on any atom is -0.481 e. The Kier molecular flexibility index (Phi) is 45.5. The highest BCUT2D eigenvalue weighted by atomic mass is 16.5. The average Bonchev–Trinajstić information content (AvgIpc) is 1.61. The molecule has 17 atom stereocenters. The number of hydrogen-bond acceptors (Lipinski definition) is 25. The summed E-state index contributed by atoms with van der Waals surface area (Å²) in [5.74, 6) is -24.6. The van der Waals surface area contributed by atoms with Gasteiger partial charge in [-0.25, -0.2) is 9.59 Å². The third-order valence-corrected chi connectivity index (χ3v) is 24.4. The summed E-state index contributed by atoms with van der Waals surface area (Å²) in [6.45, 7) is 14.7. The predicted octanol–water partition coefficient (Wildman–Crippen LogP) is -3.54. The number of hydrogen-bond donors (Lipinski definition) is 23. The van der Waals surface area contributed by atoms with Crippen LogP contribution in [0.3, 0.4) is 0 Å². The van der Waals surface area contributed by atoms with Gasteiger partial charge in [0.2, 0.25) is 100 Å². The largest absolute Gasteiger partial charge is 0.481 e. The van der Waals surface area contributed by atoms with Crippen molar-refractivity contribution in [3.63, 3.8) is 0 Å². The molecule has 3 fully saturated rings. The lowest BCUT2D eigenvalue weighted by atomic mass is 9.97. The maximum atomic E-state index is 14.6. The highest BCUT2D eigenvalue weighted by Crippen LogP contribution is 2.44. The fraction of sp³-hybridized carbons (Fsp3) is 0.620. The number of rotatable bonds is 56. The molecule has 0 spiro atoms. The Morgan fingerprint density at radius 3 is 1.32 bits per heavy atom. The number of benzene rings is 2. The minimum atomic E-state index is -1.80. The van der Waals surface area contributed by atoms with Gasteiger partial charge in [-0.3, -0.25) is 101 Å². The standard InChI is InChI=1S/C92H137N21O28/c1-12-48(8)74(109-79(127)59(30-33-71(120)121)103-78(126)57(25-17-35-96-91(94)95)107-92(140)141-44-56-54-23-15-13-21-52(54)53-22-14-16-24-55(53)56)86(134)98-43-69(117)102-60(31-34-72(122)123)88(136)112-37-19-27-65(112)84(132)110-75(51(11)114)89(137)113-38-20-28-66(113)83(131)108-73(47(6)7)85(133)97-42-68(116)101-58(29-32-70(118)119)77(125)100-50(10)87(135)111-36-18-26-64(111)82(130)105-62(41-67(93)115)80(128)99-49(9)76(124)104-61(39-45(2)3)81(129)106-63(90(138)139)40-46(4)5/h13-16,21-24,45-51,56-66,73-75,114H,12,17-20,25-44H2,1-11H3,(H2,93,115)(H,97,133)(H,98,134)(H,99,128)(H,100,125)(H,101,116)(H,102,117)(H,103,126)(H,104,124)(H,105,130)(H,106,129)(H,107,140)(H,108,131)(H,109,127)(H,110,132)(H,118,119)(H,120,121)(H,122,123)(H,138,139)(H4,94,95,96)/t48-,49-,50-,51+,57-,58-,59-,60-,61-,62-,63-,64-,65-,66-,73-,74-,75-/m0/s1. The van der Waals surface area contributed by atoms with Crippen molar-refractivity contribution in [3.8, 4) is 11.1 Å². The van der Waals surface area contributed by atoms with Gasteiger partial charge in [0, 0.05) is 51.4 Å². The number of aliphatic carboxylic acids is 4. The Labute approximate surface area is 814 Å². The molecule has 0 radical (unpaired) electrons. The first kappa shape index (κ1) is 116. The number of likely N-dealkylation sites (tertiary alicyclic amines) is 3. The van der Waals surface area contributed by atoms with E-state index in [1.165, 1.54) is 27.7 Å². The molecule has 1 aliphatic carbocycles. The van der Waals surface area contributed by atoms with Crippen molar-refractivity contribution in [1.29, 1.82) is 5.41 Å².